The molecule has 0 bridgehead atoms. The van der Waals surface area contributed by atoms with Gasteiger partial charge in [0.05, 0.1) is 5.69 Å². The van der Waals surface area contributed by atoms with Crippen LogP contribution in [0.15, 0.2) is 66.9 Å². The zero-order valence-corrected chi connectivity index (χ0v) is 17.3. The third-order valence-corrected chi connectivity index (χ3v) is 4.71. The van der Waals surface area contributed by atoms with Gasteiger partial charge in [-0.05, 0) is 50.1 Å². The monoisotopic (exact) mass is 403 g/mol. The van der Waals surface area contributed by atoms with Gasteiger partial charge in [0.1, 0.15) is 5.75 Å². The second-order valence-corrected chi connectivity index (χ2v) is 7.32. The van der Waals surface area contributed by atoms with Crippen molar-refractivity contribution in [1.82, 2.24) is 4.57 Å². The minimum absolute atomic E-state index is 0.00504. The van der Waals surface area contributed by atoms with Gasteiger partial charge in [-0.2, -0.15) is 0 Å². The number of rotatable bonds is 8. The summed E-state index contributed by atoms with van der Waals surface area (Å²) in [5.74, 6) is -0.515. The Morgan fingerprint density at radius 1 is 1.07 bits per heavy atom. The van der Waals surface area contributed by atoms with Crippen molar-refractivity contribution < 1.29 is 19.4 Å². The van der Waals surface area contributed by atoms with E-state index in [1.165, 1.54) is 6.92 Å². The van der Waals surface area contributed by atoms with E-state index < -0.39 is 12.1 Å². The van der Waals surface area contributed by atoms with Crippen LogP contribution in [0.2, 0.25) is 0 Å². The van der Waals surface area contributed by atoms with Gasteiger partial charge in [0, 0.05) is 18.3 Å². The highest BCUT2D eigenvalue weighted by Gasteiger charge is 2.14. The molecule has 0 aliphatic heterocycles. The molecule has 2 aromatic carbocycles. The fourth-order valence-electron chi connectivity index (χ4n) is 3.10. The number of ether oxygens (including phenoxy) is 1. The SMILES string of the molecule is Cc1ccc(C(=O)c2cc(C)cn2C/C=C/c2cccc(O[C@@H](C)C(=O)O)c2)cc1. The molecular formula is C25H25NO4. The quantitative estimate of drug-likeness (QED) is 0.543. The van der Waals surface area contributed by atoms with Crippen molar-refractivity contribution in [3.05, 3.63) is 94.8 Å². The summed E-state index contributed by atoms with van der Waals surface area (Å²) in [6, 6.07) is 16.7. The third kappa shape index (κ3) is 5.26. The molecule has 1 heterocycles. The molecule has 1 N–H and O–H groups in total. The molecule has 0 fully saturated rings. The molecule has 0 aliphatic carbocycles. The van der Waals surface area contributed by atoms with E-state index >= 15 is 0 Å². The van der Waals surface area contributed by atoms with Crippen molar-refractivity contribution in [2.75, 3.05) is 0 Å². The highest BCUT2D eigenvalue weighted by molar-refractivity contribution is 6.08. The van der Waals surface area contributed by atoms with Crippen molar-refractivity contribution in [2.45, 2.75) is 33.4 Å². The van der Waals surface area contributed by atoms with Crippen LogP contribution in [-0.4, -0.2) is 27.5 Å². The Balaban J connectivity index is 1.73. The fraction of sp³-hybridized carbons (Fsp3) is 0.200. The average molecular weight is 403 g/mol. The van der Waals surface area contributed by atoms with E-state index in [1.54, 1.807) is 12.1 Å². The second-order valence-electron chi connectivity index (χ2n) is 7.32. The van der Waals surface area contributed by atoms with Crippen molar-refractivity contribution in [1.29, 1.82) is 0 Å². The molecule has 0 saturated carbocycles. The molecule has 3 rings (SSSR count). The molecule has 0 saturated heterocycles. The highest BCUT2D eigenvalue weighted by Crippen LogP contribution is 2.18. The van der Waals surface area contributed by atoms with Crippen LogP contribution in [0.25, 0.3) is 6.08 Å². The standard InChI is InChI=1S/C25H25NO4/c1-17-9-11-21(12-10-17)24(27)23-14-18(2)16-26(23)13-5-7-20-6-4-8-22(15-20)30-19(3)25(28)29/h4-12,14-16,19H,13H2,1-3H3,(H,28,29)/b7-5+/t19-/m0/s1. The minimum atomic E-state index is -1.01. The molecule has 30 heavy (non-hydrogen) atoms. The third-order valence-electron chi connectivity index (χ3n) is 4.71. The number of aliphatic carboxylic acids is 1. The van der Waals surface area contributed by atoms with E-state index in [-0.39, 0.29) is 5.78 Å². The Kier molecular flexibility index (Phi) is 6.52. The lowest BCUT2D eigenvalue weighted by molar-refractivity contribution is -0.144. The molecule has 1 aromatic heterocycles. The number of benzene rings is 2. The predicted octanol–water partition coefficient (Wildman–Crippen LogP) is 4.90. The van der Waals surface area contributed by atoms with Crippen LogP contribution in [0.3, 0.4) is 0 Å². The molecule has 3 aromatic rings. The number of carboxylic acids is 1. The molecule has 1 atom stereocenters. The number of aromatic nitrogens is 1. The second kappa shape index (κ2) is 9.27. The van der Waals surface area contributed by atoms with Crippen molar-refractivity contribution in [2.24, 2.45) is 0 Å². The summed E-state index contributed by atoms with van der Waals surface area (Å²) in [4.78, 5) is 23.9. The van der Waals surface area contributed by atoms with E-state index in [0.717, 1.165) is 16.7 Å². The van der Waals surface area contributed by atoms with Crippen LogP contribution >= 0.6 is 0 Å². The lowest BCUT2D eigenvalue weighted by Gasteiger charge is -2.10. The van der Waals surface area contributed by atoms with Gasteiger partial charge in [0.2, 0.25) is 5.78 Å². The molecule has 0 aliphatic rings. The van der Waals surface area contributed by atoms with Gasteiger partial charge in [-0.3, -0.25) is 4.79 Å². The number of ketones is 1. The van der Waals surface area contributed by atoms with Gasteiger partial charge in [-0.25, -0.2) is 4.79 Å². The smallest absolute Gasteiger partial charge is 0.344 e. The van der Waals surface area contributed by atoms with Gasteiger partial charge in [0.25, 0.3) is 0 Å². The first kappa shape index (κ1) is 21.1. The maximum absolute atomic E-state index is 12.9. The number of aryl methyl sites for hydroxylation is 2. The number of hydrogen-bond acceptors (Lipinski definition) is 3. The van der Waals surface area contributed by atoms with Crippen LogP contribution in [0.4, 0.5) is 0 Å². The zero-order chi connectivity index (χ0) is 21.7. The first-order valence-electron chi connectivity index (χ1n) is 9.77. The molecule has 0 radical (unpaired) electrons. The summed E-state index contributed by atoms with van der Waals surface area (Å²) in [6.07, 6.45) is 4.93. The summed E-state index contributed by atoms with van der Waals surface area (Å²) in [7, 11) is 0. The largest absolute Gasteiger partial charge is 0.479 e. The lowest BCUT2D eigenvalue weighted by Crippen LogP contribution is -2.22. The predicted molar refractivity (Wildman–Crippen MR) is 117 cm³/mol. The average Bonchev–Trinajstić information content (AvgIpc) is 3.08. The number of carbonyl (C=O) groups excluding carboxylic acids is 1. The van der Waals surface area contributed by atoms with Gasteiger partial charge in [-0.15, -0.1) is 0 Å². The Labute approximate surface area is 176 Å². The van der Waals surface area contributed by atoms with Gasteiger partial charge >= 0.3 is 5.97 Å². The Morgan fingerprint density at radius 3 is 2.50 bits per heavy atom. The summed E-state index contributed by atoms with van der Waals surface area (Å²) in [5, 5.41) is 8.98. The normalized spacial score (nSPS) is 12.1. The first-order valence-corrected chi connectivity index (χ1v) is 9.77. The number of allylic oxidation sites excluding steroid dienone is 1. The van der Waals surface area contributed by atoms with Gasteiger partial charge < -0.3 is 14.4 Å². The number of carbonyl (C=O) groups is 2. The number of nitrogens with zero attached hydrogens (tertiary/aromatic N) is 1. The van der Waals surface area contributed by atoms with E-state index in [1.807, 2.05) is 79.2 Å². The zero-order valence-electron chi connectivity index (χ0n) is 17.3. The van der Waals surface area contributed by atoms with E-state index in [2.05, 4.69) is 0 Å². The van der Waals surface area contributed by atoms with Gasteiger partial charge in [0.15, 0.2) is 6.10 Å². The molecule has 154 valence electrons. The lowest BCUT2D eigenvalue weighted by atomic mass is 10.1. The highest BCUT2D eigenvalue weighted by atomic mass is 16.5. The van der Waals surface area contributed by atoms with E-state index in [4.69, 9.17) is 9.84 Å². The Hall–Kier alpha value is -3.60. The van der Waals surface area contributed by atoms with Crippen molar-refractivity contribution in [3.8, 4) is 5.75 Å². The Bertz CT molecular complexity index is 1080. The topological polar surface area (TPSA) is 68.5 Å². The van der Waals surface area contributed by atoms with Crippen LogP contribution in [-0.2, 0) is 11.3 Å². The van der Waals surface area contributed by atoms with Crippen molar-refractivity contribution in [3.63, 3.8) is 0 Å². The summed E-state index contributed by atoms with van der Waals surface area (Å²) in [6.45, 7) is 5.99. The summed E-state index contributed by atoms with van der Waals surface area (Å²) in [5.41, 5.74) is 4.34. The van der Waals surface area contributed by atoms with E-state index in [9.17, 15) is 9.59 Å². The maximum Gasteiger partial charge on any atom is 0.344 e. The van der Waals surface area contributed by atoms with Crippen LogP contribution < -0.4 is 4.74 Å². The summed E-state index contributed by atoms with van der Waals surface area (Å²) >= 11 is 0. The van der Waals surface area contributed by atoms with Crippen LogP contribution in [0.5, 0.6) is 5.75 Å². The summed E-state index contributed by atoms with van der Waals surface area (Å²) < 4.78 is 7.34. The number of carboxylic acid groups (broad SMARTS) is 1. The molecule has 0 unspecified atom stereocenters. The molecule has 5 nitrogen and oxygen atoms in total. The van der Waals surface area contributed by atoms with Gasteiger partial charge in [-0.1, -0.05) is 54.1 Å². The Morgan fingerprint density at radius 2 is 1.80 bits per heavy atom. The number of hydrogen-bond donors (Lipinski definition) is 1. The molecule has 5 heteroatoms. The first-order chi connectivity index (χ1) is 14.3. The van der Waals surface area contributed by atoms with Crippen LogP contribution in [0.1, 0.15) is 39.7 Å². The molecule has 0 amide bonds. The van der Waals surface area contributed by atoms with Crippen molar-refractivity contribution >= 4 is 17.8 Å². The van der Waals surface area contributed by atoms with Crippen LogP contribution in [0, 0.1) is 13.8 Å². The fourth-order valence-corrected chi connectivity index (χ4v) is 3.10. The maximum atomic E-state index is 12.9. The van der Waals surface area contributed by atoms with E-state index in [0.29, 0.717) is 23.6 Å². The minimum Gasteiger partial charge on any atom is -0.479 e. The molecular weight excluding hydrogens is 378 g/mol. The molecule has 0 spiro atoms.